The van der Waals surface area contributed by atoms with Crippen molar-refractivity contribution in [2.75, 3.05) is 11.9 Å². The van der Waals surface area contributed by atoms with Crippen LogP contribution >= 0.6 is 0 Å². The monoisotopic (exact) mass is 251 g/mol. The van der Waals surface area contributed by atoms with Crippen molar-refractivity contribution in [2.45, 2.75) is 38.1 Å². The molecule has 1 aromatic carbocycles. The Morgan fingerprint density at radius 3 is 2.61 bits per heavy atom. The lowest BCUT2D eigenvalue weighted by molar-refractivity contribution is 0.0692. The quantitative estimate of drug-likeness (QED) is 0.896. The van der Waals surface area contributed by atoms with Crippen molar-refractivity contribution >= 4 is 11.7 Å². The average molecular weight is 251 g/mol. The molecule has 0 amide bonds. The van der Waals surface area contributed by atoms with Crippen LogP contribution in [0.4, 0.5) is 10.1 Å². The SMILES string of the molecule is CN(c1cccc(F)c1C(=O)O)C1CCCCC1. The van der Waals surface area contributed by atoms with Gasteiger partial charge in [-0.15, -0.1) is 0 Å². The third kappa shape index (κ3) is 2.47. The van der Waals surface area contributed by atoms with E-state index in [1.165, 1.54) is 12.5 Å². The van der Waals surface area contributed by atoms with E-state index in [0.717, 1.165) is 25.7 Å². The number of benzene rings is 1. The van der Waals surface area contributed by atoms with Crippen LogP contribution in [0.25, 0.3) is 0 Å². The maximum absolute atomic E-state index is 13.6. The Kier molecular flexibility index (Phi) is 3.84. The van der Waals surface area contributed by atoms with Crippen LogP contribution in [-0.2, 0) is 0 Å². The predicted molar refractivity (Wildman–Crippen MR) is 68.6 cm³/mol. The molecule has 1 aliphatic rings. The molecule has 1 N–H and O–H groups in total. The Labute approximate surface area is 106 Å². The molecule has 0 atom stereocenters. The molecule has 0 spiro atoms. The summed E-state index contributed by atoms with van der Waals surface area (Å²) in [5.41, 5.74) is 0.264. The van der Waals surface area contributed by atoms with Crippen molar-refractivity contribution in [3.8, 4) is 0 Å². The summed E-state index contributed by atoms with van der Waals surface area (Å²) in [7, 11) is 1.86. The lowest BCUT2D eigenvalue weighted by atomic mass is 9.93. The summed E-state index contributed by atoms with van der Waals surface area (Å²) in [6.07, 6.45) is 5.65. The molecule has 3 nitrogen and oxygen atoms in total. The third-order valence-corrected chi connectivity index (χ3v) is 3.71. The van der Waals surface area contributed by atoms with Gasteiger partial charge in [-0.2, -0.15) is 0 Å². The largest absolute Gasteiger partial charge is 0.478 e. The lowest BCUT2D eigenvalue weighted by Gasteiger charge is -2.33. The van der Waals surface area contributed by atoms with Crippen LogP contribution in [0.1, 0.15) is 42.5 Å². The zero-order chi connectivity index (χ0) is 13.1. The van der Waals surface area contributed by atoms with Gasteiger partial charge in [-0.1, -0.05) is 25.3 Å². The number of aromatic carboxylic acids is 1. The summed E-state index contributed by atoms with van der Waals surface area (Å²) in [4.78, 5) is 13.1. The zero-order valence-electron chi connectivity index (χ0n) is 10.5. The van der Waals surface area contributed by atoms with Crippen LogP contribution in [0.5, 0.6) is 0 Å². The lowest BCUT2D eigenvalue weighted by Crippen LogP contribution is -2.34. The number of anilines is 1. The van der Waals surface area contributed by atoms with Gasteiger partial charge in [-0.05, 0) is 25.0 Å². The van der Waals surface area contributed by atoms with E-state index in [4.69, 9.17) is 5.11 Å². The first kappa shape index (κ1) is 12.9. The number of nitrogens with zero attached hydrogens (tertiary/aromatic N) is 1. The van der Waals surface area contributed by atoms with Crippen molar-refractivity contribution < 1.29 is 14.3 Å². The minimum absolute atomic E-state index is 0.217. The smallest absolute Gasteiger partial charge is 0.340 e. The van der Waals surface area contributed by atoms with Crippen molar-refractivity contribution in [1.82, 2.24) is 0 Å². The fraction of sp³-hybridized carbons (Fsp3) is 0.500. The molecule has 4 heteroatoms. The van der Waals surface area contributed by atoms with E-state index in [1.807, 2.05) is 11.9 Å². The molecule has 2 rings (SSSR count). The summed E-state index contributed by atoms with van der Waals surface area (Å²) in [5.74, 6) is -1.87. The number of carbonyl (C=O) groups is 1. The van der Waals surface area contributed by atoms with E-state index >= 15 is 0 Å². The Bertz CT molecular complexity index is 441. The normalized spacial score (nSPS) is 16.6. The molecular weight excluding hydrogens is 233 g/mol. The van der Waals surface area contributed by atoms with Crippen LogP contribution in [0.3, 0.4) is 0 Å². The van der Waals surface area contributed by atoms with Gasteiger partial charge in [0.1, 0.15) is 11.4 Å². The van der Waals surface area contributed by atoms with Gasteiger partial charge in [0.2, 0.25) is 0 Å². The number of carboxylic acid groups (broad SMARTS) is 1. The summed E-state index contributed by atoms with van der Waals surface area (Å²) >= 11 is 0. The Hall–Kier alpha value is -1.58. The Morgan fingerprint density at radius 1 is 1.33 bits per heavy atom. The Balaban J connectivity index is 2.31. The summed E-state index contributed by atoms with van der Waals surface area (Å²) in [6, 6.07) is 4.76. The summed E-state index contributed by atoms with van der Waals surface area (Å²) < 4.78 is 13.6. The molecule has 98 valence electrons. The Morgan fingerprint density at radius 2 is 2.00 bits per heavy atom. The molecule has 18 heavy (non-hydrogen) atoms. The summed E-state index contributed by atoms with van der Waals surface area (Å²) in [6.45, 7) is 0. The van der Waals surface area contributed by atoms with Gasteiger partial charge in [-0.3, -0.25) is 0 Å². The molecular formula is C14H18FNO2. The van der Waals surface area contributed by atoms with Gasteiger partial charge < -0.3 is 10.0 Å². The summed E-state index contributed by atoms with van der Waals surface area (Å²) in [5, 5.41) is 9.13. The maximum Gasteiger partial charge on any atom is 0.340 e. The highest BCUT2D eigenvalue weighted by molar-refractivity contribution is 5.94. The highest BCUT2D eigenvalue weighted by Gasteiger charge is 2.24. The van der Waals surface area contributed by atoms with Crippen LogP contribution in [0, 0.1) is 5.82 Å². The van der Waals surface area contributed by atoms with Crippen molar-refractivity contribution in [3.05, 3.63) is 29.6 Å². The molecule has 1 fully saturated rings. The predicted octanol–water partition coefficient (Wildman–Crippen LogP) is 3.29. The molecule has 1 aromatic rings. The minimum atomic E-state index is -1.20. The van der Waals surface area contributed by atoms with E-state index in [9.17, 15) is 9.18 Å². The van der Waals surface area contributed by atoms with Crippen LogP contribution in [0.2, 0.25) is 0 Å². The average Bonchev–Trinajstić information content (AvgIpc) is 2.38. The molecule has 0 unspecified atom stereocenters. The highest BCUT2D eigenvalue weighted by atomic mass is 19.1. The van der Waals surface area contributed by atoms with Gasteiger partial charge in [-0.25, -0.2) is 9.18 Å². The number of hydrogen-bond donors (Lipinski definition) is 1. The number of halogens is 1. The molecule has 1 saturated carbocycles. The van der Waals surface area contributed by atoms with E-state index in [1.54, 1.807) is 12.1 Å². The zero-order valence-corrected chi connectivity index (χ0v) is 10.5. The molecule has 0 radical (unpaired) electrons. The second kappa shape index (κ2) is 5.38. The van der Waals surface area contributed by atoms with Gasteiger partial charge in [0.25, 0.3) is 0 Å². The van der Waals surface area contributed by atoms with E-state index in [0.29, 0.717) is 11.7 Å². The standard InChI is InChI=1S/C14H18FNO2/c1-16(10-6-3-2-4-7-10)12-9-5-8-11(15)13(12)14(17)18/h5,8-10H,2-4,6-7H2,1H3,(H,17,18). The van der Waals surface area contributed by atoms with Gasteiger partial charge >= 0.3 is 5.97 Å². The van der Waals surface area contributed by atoms with Crippen LogP contribution < -0.4 is 4.90 Å². The third-order valence-electron chi connectivity index (χ3n) is 3.71. The molecule has 1 aliphatic carbocycles. The fourth-order valence-corrected chi connectivity index (χ4v) is 2.68. The number of carboxylic acids is 1. The molecule has 0 bridgehead atoms. The van der Waals surface area contributed by atoms with E-state index in [2.05, 4.69) is 0 Å². The molecule has 0 aliphatic heterocycles. The molecule has 0 heterocycles. The molecule has 0 saturated heterocycles. The van der Waals surface area contributed by atoms with Crippen molar-refractivity contribution in [1.29, 1.82) is 0 Å². The van der Waals surface area contributed by atoms with Crippen molar-refractivity contribution in [3.63, 3.8) is 0 Å². The first-order valence-electron chi connectivity index (χ1n) is 6.36. The van der Waals surface area contributed by atoms with E-state index in [-0.39, 0.29) is 5.56 Å². The minimum Gasteiger partial charge on any atom is -0.478 e. The van der Waals surface area contributed by atoms with Crippen LogP contribution in [-0.4, -0.2) is 24.2 Å². The van der Waals surface area contributed by atoms with Crippen molar-refractivity contribution in [2.24, 2.45) is 0 Å². The van der Waals surface area contributed by atoms with E-state index < -0.39 is 11.8 Å². The van der Waals surface area contributed by atoms with Gasteiger partial charge in [0, 0.05) is 13.1 Å². The van der Waals surface area contributed by atoms with Gasteiger partial charge in [0.05, 0.1) is 5.69 Å². The first-order valence-corrected chi connectivity index (χ1v) is 6.36. The second-order valence-electron chi connectivity index (χ2n) is 4.84. The van der Waals surface area contributed by atoms with Gasteiger partial charge in [0.15, 0.2) is 0 Å². The van der Waals surface area contributed by atoms with Crippen LogP contribution in [0.15, 0.2) is 18.2 Å². The number of rotatable bonds is 3. The molecule has 0 aromatic heterocycles. The highest BCUT2D eigenvalue weighted by Crippen LogP contribution is 2.29. The first-order chi connectivity index (χ1) is 8.61. The number of hydrogen-bond acceptors (Lipinski definition) is 2. The maximum atomic E-state index is 13.6. The fourth-order valence-electron chi connectivity index (χ4n) is 2.68. The topological polar surface area (TPSA) is 40.5 Å². The second-order valence-corrected chi connectivity index (χ2v) is 4.84.